The molecule has 1 saturated heterocycles. The summed E-state index contributed by atoms with van der Waals surface area (Å²) in [4.78, 5) is 11.2. The Kier molecular flexibility index (Phi) is 3.95. The Hall–Kier alpha value is -2.39. The lowest BCUT2D eigenvalue weighted by molar-refractivity contribution is 0.446. The van der Waals surface area contributed by atoms with E-state index in [2.05, 4.69) is 34.2 Å². The summed E-state index contributed by atoms with van der Waals surface area (Å²) in [7, 11) is 0. The maximum atomic E-state index is 9.26. The average molecular weight is 338 g/mol. The highest BCUT2D eigenvalue weighted by Crippen LogP contribution is 2.35. The first-order chi connectivity index (χ1) is 11.8. The molecule has 0 radical (unpaired) electrons. The van der Waals surface area contributed by atoms with Crippen molar-refractivity contribution in [2.24, 2.45) is 0 Å². The van der Waals surface area contributed by atoms with E-state index in [1.165, 1.54) is 9.71 Å². The van der Waals surface area contributed by atoms with Gasteiger partial charge in [0.15, 0.2) is 5.89 Å². The Balaban J connectivity index is 1.50. The van der Waals surface area contributed by atoms with Crippen LogP contribution in [0.3, 0.4) is 0 Å². The van der Waals surface area contributed by atoms with Gasteiger partial charge < -0.3 is 9.32 Å². The topological polar surface area (TPSA) is 66.0 Å². The Labute approximate surface area is 144 Å². The highest BCUT2D eigenvalue weighted by molar-refractivity contribution is 7.18. The van der Waals surface area contributed by atoms with Crippen molar-refractivity contribution in [2.45, 2.75) is 32.1 Å². The van der Waals surface area contributed by atoms with Crippen LogP contribution in [0, 0.1) is 11.3 Å². The van der Waals surface area contributed by atoms with E-state index < -0.39 is 0 Å². The third-order valence-corrected chi connectivity index (χ3v) is 5.70. The normalized spacial score (nSPS) is 15.8. The molecule has 1 aliphatic rings. The summed E-state index contributed by atoms with van der Waals surface area (Å²) in [5.41, 5.74) is 1.50. The maximum Gasteiger partial charge on any atom is 0.234 e. The first kappa shape index (κ1) is 15.2. The number of rotatable bonds is 3. The number of oxazole rings is 1. The van der Waals surface area contributed by atoms with Gasteiger partial charge in [0.25, 0.3) is 0 Å². The molecule has 0 atom stereocenters. The van der Waals surface area contributed by atoms with E-state index >= 15 is 0 Å². The second-order valence-corrected chi connectivity index (χ2v) is 7.07. The van der Waals surface area contributed by atoms with Gasteiger partial charge in [-0.3, -0.25) is 0 Å². The summed E-state index contributed by atoms with van der Waals surface area (Å²) in [6.07, 6.45) is 2.75. The van der Waals surface area contributed by atoms with Gasteiger partial charge in [-0.25, -0.2) is 9.97 Å². The fraction of sp³-hybridized carbons (Fsp3) is 0.389. The van der Waals surface area contributed by atoms with Crippen LogP contribution in [0.15, 0.2) is 28.7 Å². The molecule has 0 saturated carbocycles. The number of aromatic nitrogens is 2. The minimum absolute atomic E-state index is 0.408. The number of benzene rings is 1. The number of anilines is 1. The SMILES string of the molecule is CCc1nc(C#N)c(N2CCC(c3nc4ccccc4s3)CC2)o1. The Morgan fingerprint density at radius 3 is 2.79 bits per heavy atom. The lowest BCUT2D eigenvalue weighted by Gasteiger charge is -2.30. The molecular formula is C18H18N4OS. The van der Waals surface area contributed by atoms with Gasteiger partial charge in [-0.2, -0.15) is 5.26 Å². The van der Waals surface area contributed by atoms with Crippen LogP contribution >= 0.6 is 11.3 Å². The molecular weight excluding hydrogens is 320 g/mol. The van der Waals surface area contributed by atoms with Crippen molar-refractivity contribution in [3.63, 3.8) is 0 Å². The van der Waals surface area contributed by atoms with Gasteiger partial charge >= 0.3 is 0 Å². The Morgan fingerprint density at radius 2 is 2.08 bits per heavy atom. The number of nitriles is 1. The van der Waals surface area contributed by atoms with Gasteiger partial charge in [0, 0.05) is 25.4 Å². The van der Waals surface area contributed by atoms with Crippen LogP contribution in [0.4, 0.5) is 5.88 Å². The summed E-state index contributed by atoms with van der Waals surface area (Å²) in [5.74, 6) is 1.75. The number of nitrogens with zero attached hydrogens (tertiary/aromatic N) is 4. The highest BCUT2D eigenvalue weighted by Gasteiger charge is 2.27. The van der Waals surface area contributed by atoms with E-state index in [9.17, 15) is 5.26 Å². The summed E-state index contributed by atoms with van der Waals surface area (Å²) in [6, 6.07) is 10.5. The van der Waals surface area contributed by atoms with E-state index in [1.54, 1.807) is 11.3 Å². The zero-order valence-electron chi connectivity index (χ0n) is 13.5. The summed E-state index contributed by atoms with van der Waals surface area (Å²) in [5, 5.41) is 10.5. The number of para-hydroxylation sites is 1. The minimum atomic E-state index is 0.408. The molecule has 122 valence electrons. The highest BCUT2D eigenvalue weighted by atomic mass is 32.1. The average Bonchev–Trinajstić information content (AvgIpc) is 3.25. The van der Waals surface area contributed by atoms with E-state index in [1.807, 2.05) is 13.0 Å². The maximum absolute atomic E-state index is 9.26. The smallest absolute Gasteiger partial charge is 0.234 e. The molecule has 5 nitrogen and oxygen atoms in total. The van der Waals surface area contributed by atoms with Gasteiger partial charge in [-0.15, -0.1) is 11.3 Å². The molecule has 1 aromatic carbocycles. The van der Waals surface area contributed by atoms with Crippen LogP contribution in [0.5, 0.6) is 0 Å². The Bertz CT molecular complexity index is 866. The zero-order chi connectivity index (χ0) is 16.5. The number of thiazole rings is 1. The molecule has 1 aliphatic heterocycles. The van der Waals surface area contributed by atoms with E-state index in [4.69, 9.17) is 9.40 Å². The molecule has 0 aliphatic carbocycles. The van der Waals surface area contributed by atoms with Crippen molar-refractivity contribution in [2.75, 3.05) is 18.0 Å². The van der Waals surface area contributed by atoms with Crippen LogP contribution < -0.4 is 4.90 Å². The zero-order valence-corrected chi connectivity index (χ0v) is 14.3. The largest absolute Gasteiger partial charge is 0.424 e. The van der Waals surface area contributed by atoms with Crippen molar-refractivity contribution in [1.82, 2.24) is 9.97 Å². The standard InChI is InChI=1S/C18H18N4OS/c1-2-16-20-14(11-19)18(23-16)22-9-7-12(8-10-22)17-21-13-5-3-4-6-15(13)24-17/h3-6,12H,2,7-10H2,1H3. The molecule has 6 heteroatoms. The predicted molar refractivity (Wildman–Crippen MR) is 94.4 cm³/mol. The molecule has 24 heavy (non-hydrogen) atoms. The van der Waals surface area contributed by atoms with Crippen molar-refractivity contribution in [3.05, 3.63) is 40.9 Å². The summed E-state index contributed by atoms with van der Waals surface area (Å²) >= 11 is 1.80. The van der Waals surface area contributed by atoms with E-state index in [0.29, 0.717) is 29.8 Å². The molecule has 2 aromatic heterocycles. The van der Waals surface area contributed by atoms with E-state index in [-0.39, 0.29) is 0 Å². The van der Waals surface area contributed by atoms with Crippen LogP contribution in [-0.2, 0) is 6.42 Å². The fourth-order valence-electron chi connectivity index (χ4n) is 3.19. The number of hydrogen-bond donors (Lipinski definition) is 0. The third-order valence-electron chi connectivity index (χ3n) is 4.50. The second-order valence-electron chi connectivity index (χ2n) is 6.01. The number of piperidine rings is 1. The van der Waals surface area contributed by atoms with Crippen molar-refractivity contribution >= 4 is 27.4 Å². The van der Waals surface area contributed by atoms with Crippen LogP contribution in [0.1, 0.15) is 42.3 Å². The first-order valence-electron chi connectivity index (χ1n) is 8.28. The summed E-state index contributed by atoms with van der Waals surface area (Å²) < 4.78 is 7.02. The van der Waals surface area contributed by atoms with E-state index in [0.717, 1.165) is 31.4 Å². The fourth-order valence-corrected chi connectivity index (χ4v) is 4.32. The van der Waals surface area contributed by atoms with Crippen LogP contribution in [0.2, 0.25) is 0 Å². The number of hydrogen-bond acceptors (Lipinski definition) is 6. The van der Waals surface area contributed by atoms with Crippen molar-refractivity contribution in [3.8, 4) is 6.07 Å². The molecule has 0 N–H and O–H groups in total. The van der Waals surface area contributed by atoms with Crippen molar-refractivity contribution < 1.29 is 4.42 Å². The third kappa shape index (κ3) is 2.65. The molecule has 1 fully saturated rings. The van der Waals surface area contributed by atoms with Gasteiger partial charge in [0.1, 0.15) is 6.07 Å². The molecule has 4 rings (SSSR count). The van der Waals surface area contributed by atoms with Gasteiger partial charge in [0.05, 0.1) is 15.2 Å². The quantitative estimate of drug-likeness (QED) is 0.719. The molecule has 3 heterocycles. The predicted octanol–water partition coefficient (Wildman–Crippen LogP) is 4.10. The van der Waals surface area contributed by atoms with Gasteiger partial charge in [0.2, 0.25) is 11.6 Å². The monoisotopic (exact) mass is 338 g/mol. The van der Waals surface area contributed by atoms with Gasteiger partial charge in [-0.05, 0) is 25.0 Å². The molecule has 0 unspecified atom stereocenters. The number of fused-ring (bicyclic) bond motifs is 1. The molecule has 0 bridgehead atoms. The first-order valence-corrected chi connectivity index (χ1v) is 9.10. The molecule has 0 spiro atoms. The van der Waals surface area contributed by atoms with Crippen LogP contribution in [0.25, 0.3) is 10.2 Å². The number of aryl methyl sites for hydroxylation is 1. The van der Waals surface area contributed by atoms with Gasteiger partial charge in [-0.1, -0.05) is 19.1 Å². The minimum Gasteiger partial charge on any atom is -0.424 e. The molecule has 3 aromatic rings. The second kappa shape index (κ2) is 6.25. The summed E-state index contributed by atoms with van der Waals surface area (Å²) in [6.45, 7) is 3.72. The lowest BCUT2D eigenvalue weighted by atomic mass is 9.97. The molecule has 0 amide bonds. The van der Waals surface area contributed by atoms with Crippen molar-refractivity contribution in [1.29, 1.82) is 5.26 Å². The Morgan fingerprint density at radius 1 is 1.29 bits per heavy atom. The lowest BCUT2D eigenvalue weighted by Crippen LogP contribution is -2.33. The van der Waals surface area contributed by atoms with Crippen LogP contribution in [-0.4, -0.2) is 23.1 Å².